The first kappa shape index (κ1) is 18.2. The van der Waals surface area contributed by atoms with E-state index in [9.17, 15) is 4.79 Å². The number of benzene rings is 1. The first-order chi connectivity index (χ1) is 13.1. The van der Waals surface area contributed by atoms with Crippen LogP contribution < -0.4 is 22.1 Å². The Morgan fingerprint density at radius 2 is 1.96 bits per heavy atom. The monoisotopic (exact) mass is 364 g/mol. The molecule has 9 heteroatoms. The fourth-order valence-corrected chi connectivity index (χ4v) is 2.33. The molecule has 6 N–H and O–H groups in total. The zero-order valence-electron chi connectivity index (χ0n) is 14.8. The molecule has 1 aromatic carbocycles. The molecule has 3 rings (SSSR count). The van der Waals surface area contributed by atoms with Gasteiger partial charge in [0, 0.05) is 42.4 Å². The third-order valence-electron chi connectivity index (χ3n) is 3.73. The van der Waals surface area contributed by atoms with Crippen molar-refractivity contribution in [1.29, 1.82) is 0 Å². The van der Waals surface area contributed by atoms with Crippen LogP contribution in [0.2, 0.25) is 0 Å². The Morgan fingerprint density at radius 3 is 2.67 bits per heavy atom. The quantitative estimate of drug-likeness (QED) is 0.494. The third kappa shape index (κ3) is 4.53. The summed E-state index contributed by atoms with van der Waals surface area (Å²) in [5, 5.41) is 6.18. The lowest BCUT2D eigenvalue weighted by Gasteiger charge is -2.14. The molecule has 138 valence electrons. The molecule has 2 heterocycles. The number of rotatable bonds is 7. The Bertz CT molecular complexity index is 932. The predicted molar refractivity (Wildman–Crippen MR) is 103 cm³/mol. The number of anilines is 3. The second-order valence-electron chi connectivity index (χ2n) is 5.88. The number of hydrogen-bond acceptors (Lipinski definition) is 8. The number of nitrogens with two attached hydrogens (primary N) is 2. The molecule has 0 unspecified atom stereocenters. The number of carbonyl (C=O) groups is 1. The van der Waals surface area contributed by atoms with Gasteiger partial charge in [-0.25, -0.2) is 15.0 Å². The van der Waals surface area contributed by atoms with Gasteiger partial charge in [-0.15, -0.1) is 0 Å². The fourth-order valence-electron chi connectivity index (χ4n) is 2.33. The van der Waals surface area contributed by atoms with Gasteiger partial charge in [-0.2, -0.15) is 4.98 Å². The minimum Gasteiger partial charge on any atom is -0.365 e. The summed E-state index contributed by atoms with van der Waals surface area (Å²) in [6.45, 7) is 2.32. The molecule has 9 nitrogen and oxygen atoms in total. The van der Waals surface area contributed by atoms with Gasteiger partial charge in [-0.05, 0) is 25.1 Å². The van der Waals surface area contributed by atoms with Gasteiger partial charge in [0.2, 0.25) is 5.95 Å². The maximum atomic E-state index is 11.7. The number of hydrogen-bond donors (Lipinski definition) is 4. The van der Waals surface area contributed by atoms with Gasteiger partial charge in [0.25, 0.3) is 5.91 Å². The van der Waals surface area contributed by atoms with Crippen LogP contribution in [0.25, 0.3) is 11.4 Å². The van der Waals surface area contributed by atoms with Crippen LogP contribution >= 0.6 is 0 Å². The molecule has 0 aliphatic heterocycles. The van der Waals surface area contributed by atoms with Gasteiger partial charge in [0.15, 0.2) is 5.82 Å². The lowest BCUT2D eigenvalue weighted by Crippen LogP contribution is -2.26. The van der Waals surface area contributed by atoms with Crippen molar-refractivity contribution >= 4 is 23.4 Å². The van der Waals surface area contributed by atoms with E-state index >= 15 is 0 Å². The SMILES string of the molecule is C[C@H](CN)Nc1ncc(C(N)=O)c(Nc2cccc(-c3ncccn3)c2)n1. The highest BCUT2D eigenvalue weighted by atomic mass is 16.1. The van der Waals surface area contributed by atoms with E-state index in [1.165, 1.54) is 6.20 Å². The summed E-state index contributed by atoms with van der Waals surface area (Å²) in [7, 11) is 0. The van der Waals surface area contributed by atoms with Crippen molar-refractivity contribution in [2.75, 3.05) is 17.2 Å². The van der Waals surface area contributed by atoms with Crippen molar-refractivity contribution in [2.24, 2.45) is 11.5 Å². The molecule has 0 aliphatic carbocycles. The van der Waals surface area contributed by atoms with Gasteiger partial charge in [0.1, 0.15) is 11.4 Å². The van der Waals surface area contributed by atoms with Gasteiger partial charge < -0.3 is 22.1 Å². The number of amides is 1. The predicted octanol–water partition coefficient (Wildman–Crippen LogP) is 1.54. The number of primary amides is 1. The maximum Gasteiger partial charge on any atom is 0.254 e. The largest absolute Gasteiger partial charge is 0.365 e. The lowest BCUT2D eigenvalue weighted by atomic mass is 10.2. The van der Waals surface area contributed by atoms with E-state index in [2.05, 4.69) is 30.6 Å². The minimum absolute atomic E-state index is 0.0177. The van der Waals surface area contributed by atoms with Crippen LogP contribution in [0, 0.1) is 0 Å². The van der Waals surface area contributed by atoms with Crippen LogP contribution in [0.4, 0.5) is 17.5 Å². The standard InChI is InChI=1S/C18H20N8O/c1-11(9-19)24-18-23-10-14(15(20)27)17(26-18)25-13-5-2-4-12(8-13)16-21-6-3-7-22-16/h2-8,10-11H,9,19H2,1H3,(H2,20,27)(H2,23,24,25,26)/t11-/m1/s1. The number of nitrogens with zero attached hydrogens (tertiary/aromatic N) is 4. The molecular formula is C18H20N8O. The number of nitrogens with one attached hydrogen (secondary N) is 2. The molecule has 0 saturated carbocycles. The van der Waals surface area contributed by atoms with Crippen LogP contribution in [-0.2, 0) is 0 Å². The Kier molecular flexibility index (Phi) is 5.53. The Balaban J connectivity index is 1.92. The normalized spacial score (nSPS) is 11.6. The topological polar surface area (TPSA) is 145 Å². The molecule has 2 aromatic heterocycles. The highest BCUT2D eigenvalue weighted by molar-refractivity contribution is 5.98. The molecule has 3 aromatic rings. The molecule has 1 amide bonds. The highest BCUT2D eigenvalue weighted by Gasteiger charge is 2.14. The highest BCUT2D eigenvalue weighted by Crippen LogP contribution is 2.23. The summed E-state index contributed by atoms with van der Waals surface area (Å²) in [6.07, 6.45) is 4.73. The summed E-state index contributed by atoms with van der Waals surface area (Å²) in [4.78, 5) is 28.7. The number of aromatic nitrogens is 4. The van der Waals surface area contributed by atoms with E-state index in [0.717, 1.165) is 5.56 Å². The van der Waals surface area contributed by atoms with E-state index in [4.69, 9.17) is 11.5 Å². The Labute approximate surface area is 156 Å². The van der Waals surface area contributed by atoms with Crippen LogP contribution in [-0.4, -0.2) is 38.4 Å². The van der Waals surface area contributed by atoms with Crippen LogP contribution in [0.3, 0.4) is 0 Å². The van der Waals surface area contributed by atoms with Crippen LogP contribution in [0.5, 0.6) is 0 Å². The minimum atomic E-state index is -0.626. The van der Waals surface area contributed by atoms with E-state index in [-0.39, 0.29) is 11.6 Å². The summed E-state index contributed by atoms with van der Waals surface area (Å²) < 4.78 is 0. The second-order valence-corrected chi connectivity index (χ2v) is 5.88. The zero-order valence-corrected chi connectivity index (χ0v) is 14.8. The van der Waals surface area contributed by atoms with Crippen LogP contribution in [0.1, 0.15) is 17.3 Å². The van der Waals surface area contributed by atoms with Crippen molar-refractivity contribution < 1.29 is 4.79 Å². The zero-order chi connectivity index (χ0) is 19.2. The van der Waals surface area contributed by atoms with E-state index in [1.807, 2.05) is 31.2 Å². The lowest BCUT2D eigenvalue weighted by molar-refractivity contribution is 0.100. The van der Waals surface area contributed by atoms with Gasteiger partial charge >= 0.3 is 0 Å². The summed E-state index contributed by atoms with van der Waals surface area (Å²) >= 11 is 0. The fraction of sp³-hybridized carbons (Fsp3) is 0.167. The van der Waals surface area contributed by atoms with Crippen molar-refractivity contribution in [3.05, 3.63) is 54.5 Å². The molecule has 0 spiro atoms. The molecular weight excluding hydrogens is 344 g/mol. The van der Waals surface area contributed by atoms with E-state index in [1.54, 1.807) is 18.5 Å². The van der Waals surface area contributed by atoms with E-state index < -0.39 is 5.91 Å². The van der Waals surface area contributed by atoms with Gasteiger partial charge in [0.05, 0.1) is 0 Å². The number of carbonyl (C=O) groups excluding carboxylic acids is 1. The molecule has 0 aliphatic rings. The van der Waals surface area contributed by atoms with Crippen molar-refractivity contribution in [1.82, 2.24) is 19.9 Å². The maximum absolute atomic E-state index is 11.7. The van der Waals surface area contributed by atoms with E-state index in [0.29, 0.717) is 29.8 Å². The van der Waals surface area contributed by atoms with Crippen LogP contribution in [0.15, 0.2) is 48.9 Å². The smallest absolute Gasteiger partial charge is 0.254 e. The van der Waals surface area contributed by atoms with Gasteiger partial charge in [-0.1, -0.05) is 12.1 Å². The van der Waals surface area contributed by atoms with Gasteiger partial charge in [-0.3, -0.25) is 4.79 Å². The van der Waals surface area contributed by atoms with Crippen molar-refractivity contribution in [2.45, 2.75) is 13.0 Å². The molecule has 0 saturated heterocycles. The molecule has 0 bridgehead atoms. The summed E-state index contributed by atoms with van der Waals surface area (Å²) in [5.41, 5.74) is 12.8. The summed E-state index contributed by atoms with van der Waals surface area (Å²) in [5.74, 6) is 0.620. The van der Waals surface area contributed by atoms with Crippen molar-refractivity contribution in [3.63, 3.8) is 0 Å². The second kappa shape index (κ2) is 8.19. The molecule has 0 radical (unpaired) electrons. The molecule has 0 fully saturated rings. The first-order valence-corrected chi connectivity index (χ1v) is 8.34. The van der Waals surface area contributed by atoms with Crippen molar-refractivity contribution in [3.8, 4) is 11.4 Å². The first-order valence-electron chi connectivity index (χ1n) is 8.34. The average molecular weight is 364 g/mol. The third-order valence-corrected chi connectivity index (χ3v) is 3.73. The molecule has 1 atom stereocenters. The average Bonchev–Trinajstić information content (AvgIpc) is 2.69. The Hall–Kier alpha value is -3.59. The molecule has 27 heavy (non-hydrogen) atoms. The Morgan fingerprint density at radius 1 is 1.19 bits per heavy atom. The summed E-state index contributed by atoms with van der Waals surface area (Å²) in [6, 6.07) is 9.19.